The van der Waals surface area contributed by atoms with Gasteiger partial charge in [0.15, 0.2) is 0 Å². The zero-order chi connectivity index (χ0) is 30.0. The summed E-state index contributed by atoms with van der Waals surface area (Å²) in [5.74, 6) is 0. The molecule has 0 fully saturated rings. The summed E-state index contributed by atoms with van der Waals surface area (Å²) in [4.78, 5) is 0. The van der Waals surface area contributed by atoms with E-state index in [4.69, 9.17) is 0 Å². The van der Waals surface area contributed by atoms with E-state index in [1.165, 1.54) is 0 Å². The Hall–Kier alpha value is -0.194. The Balaban J connectivity index is 3.22. The fraction of sp³-hybridized carbons (Fsp3) is 0.613. The van der Waals surface area contributed by atoms with Crippen molar-refractivity contribution < 1.29 is 0 Å². The molecule has 0 amide bonds. The van der Waals surface area contributed by atoms with E-state index in [-0.39, 0.29) is 0 Å². The van der Waals surface area contributed by atoms with Gasteiger partial charge in [-0.1, -0.05) is 191 Å². The van der Waals surface area contributed by atoms with Crippen LogP contribution in [0.4, 0.5) is 0 Å². The van der Waals surface area contributed by atoms with E-state index in [0.717, 1.165) is 0 Å². The van der Waals surface area contributed by atoms with Gasteiger partial charge in [0.25, 0.3) is 0 Å². The Labute approximate surface area is 245 Å². The van der Waals surface area contributed by atoms with Gasteiger partial charge in [-0.3, -0.25) is 0 Å². The number of rotatable bonds is 8. The third-order valence-corrected chi connectivity index (χ3v) is 20.4. The van der Waals surface area contributed by atoms with Gasteiger partial charge in [-0.25, -0.2) is 0 Å². The summed E-state index contributed by atoms with van der Waals surface area (Å²) >= 11 is 0. The van der Waals surface area contributed by atoms with Crippen LogP contribution < -0.4 is 42.0 Å². The van der Waals surface area contributed by atoms with Gasteiger partial charge in [-0.15, -0.1) is 0 Å². The van der Waals surface area contributed by atoms with Gasteiger partial charge in [0.1, 0.15) is 0 Å². The molecule has 0 aliphatic carbocycles. The maximum Gasteiger partial charge on any atom is 0.205 e. The molecule has 0 bridgehead atoms. The van der Waals surface area contributed by atoms with Gasteiger partial charge in [0, 0.05) is 0 Å². The number of hydrogen-bond donors (Lipinski definition) is 0. The highest BCUT2D eigenvalue weighted by Crippen LogP contribution is 2.12. The fourth-order valence-electron chi connectivity index (χ4n) is 5.73. The Kier molecular flexibility index (Phi) is 9.46. The fourth-order valence-corrected chi connectivity index (χ4v) is 15.9. The van der Waals surface area contributed by atoms with Crippen LogP contribution in [-0.4, -0.2) is 55.2 Å². The van der Waals surface area contributed by atoms with E-state index in [2.05, 4.69) is 149 Å². The Morgan fingerprint density at radius 1 is 0.342 bits per heavy atom. The maximum atomic E-state index is 2.72. The molecular weight excluding hydrogens is 552 g/mol. The van der Waals surface area contributed by atoms with Crippen molar-refractivity contribution in [1.82, 2.24) is 0 Å². The lowest BCUT2D eigenvalue weighted by atomic mass is 9.42. The molecule has 0 aliphatic rings. The maximum absolute atomic E-state index is 2.72. The van der Waals surface area contributed by atoms with E-state index in [1.54, 1.807) is 42.0 Å². The Bertz CT molecular complexity index is 1010. The van der Waals surface area contributed by atoms with E-state index in [0.29, 0.717) is 6.71 Å². The van der Waals surface area contributed by atoms with Gasteiger partial charge in [0.05, 0.1) is 48.4 Å². The van der Waals surface area contributed by atoms with Crippen molar-refractivity contribution >= 4 is 97.2 Å². The molecule has 0 heterocycles. The van der Waals surface area contributed by atoms with Crippen LogP contribution in [0.2, 0.25) is 125 Å². The zero-order valence-corrected chi connectivity index (χ0v) is 34.9. The largest absolute Gasteiger partial charge is 0.205 e. The van der Waals surface area contributed by atoms with Crippen LogP contribution in [-0.2, 0) is 0 Å². The average Bonchev–Trinajstić information content (AvgIpc) is 2.67. The molecule has 212 valence electrons. The van der Waals surface area contributed by atoms with Gasteiger partial charge < -0.3 is 0 Å². The number of benzene rings is 2. The molecule has 0 unspecified atom stereocenters. The summed E-state index contributed by atoms with van der Waals surface area (Å²) in [6, 6.07) is 10.9. The molecule has 0 saturated heterocycles. The number of hydrogen-bond acceptors (Lipinski definition) is 0. The molecule has 0 radical (unpaired) electrons. The van der Waals surface area contributed by atoms with E-state index >= 15 is 0 Å². The molecule has 38 heavy (non-hydrogen) atoms. The highest BCUT2D eigenvalue weighted by atomic mass is 28.3. The first-order valence-electron chi connectivity index (χ1n) is 15.0. The summed E-state index contributed by atoms with van der Waals surface area (Å²) in [6.07, 6.45) is 0. The lowest BCUT2D eigenvalue weighted by Crippen LogP contribution is -2.74. The summed E-state index contributed by atoms with van der Waals surface area (Å²) in [5.41, 5.74) is 3.48. The molecule has 2 rings (SSSR count). The third-order valence-electron chi connectivity index (χ3n) is 8.19. The minimum absolute atomic E-state index is 0.452. The monoisotopic (exact) mass is 612 g/mol. The molecule has 0 spiro atoms. The smallest absolute Gasteiger partial charge is 0.0774 e. The molecule has 2 aromatic rings. The molecule has 0 atom stereocenters. The molecule has 0 nitrogen and oxygen atoms in total. The highest BCUT2D eigenvalue weighted by Gasteiger charge is 2.39. The van der Waals surface area contributed by atoms with Crippen LogP contribution in [0.25, 0.3) is 0 Å². The lowest BCUT2D eigenvalue weighted by molar-refractivity contribution is 1.66. The van der Waals surface area contributed by atoms with Gasteiger partial charge >= 0.3 is 0 Å². The average molecular weight is 613 g/mol. The second-order valence-corrected chi connectivity index (χ2v) is 48.5. The summed E-state index contributed by atoms with van der Waals surface area (Å²) < 4.78 is 0. The normalized spacial score (nSPS) is 14.2. The lowest BCUT2D eigenvalue weighted by Gasteiger charge is -2.38. The van der Waals surface area contributed by atoms with Crippen LogP contribution in [0.1, 0.15) is 0 Å². The zero-order valence-electron chi connectivity index (χ0n) is 28.9. The Morgan fingerprint density at radius 3 is 0.658 bits per heavy atom. The van der Waals surface area contributed by atoms with Crippen molar-refractivity contribution in [2.45, 2.75) is 125 Å². The van der Waals surface area contributed by atoms with Crippen molar-refractivity contribution in [3.63, 3.8) is 0 Å². The minimum Gasteiger partial charge on any atom is -0.0774 e. The molecule has 0 aliphatic heterocycles. The molecule has 0 N–H and O–H groups in total. The van der Waals surface area contributed by atoms with E-state index in [1.807, 2.05) is 0 Å². The van der Waals surface area contributed by atoms with Crippen molar-refractivity contribution in [2.75, 3.05) is 0 Å². The predicted octanol–water partition coefficient (Wildman–Crippen LogP) is 5.20. The van der Waals surface area contributed by atoms with Crippen LogP contribution in [0, 0.1) is 0 Å². The van der Waals surface area contributed by atoms with Crippen LogP contribution >= 0.6 is 0 Å². The first-order valence-corrected chi connectivity index (χ1v) is 36.0. The predicted molar refractivity (Wildman–Crippen MR) is 202 cm³/mol. The van der Waals surface area contributed by atoms with Gasteiger partial charge in [-0.05, 0) is 0 Å². The van der Waals surface area contributed by atoms with Crippen molar-refractivity contribution in [2.24, 2.45) is 0 Å². The second-order valence-electron chi connectivity index (χ2n) is 18.2. The molecule has 0 saturated carbocycles. The summed E-state index contributed by atoms with van der Waals surface area (Å²) in [7, 11) is -9.23. The highest BCUT2D eigenvalue weighted by molar-refractivity contribution is 7.08. The van der Waals surface area contributed by atoms with Crippen molar-refractivity contribution in [1.29, 1.82) is 0 Å². The van der Waals surface area contributed by atoms with Gasteiger partial charge in [0.2, 0.25) is 6.71 Å². The molecule has 7 heteroatoms. The third kappa shape index (κ3) is 7.55. The van der Waals surface area contributed by atoms with Crippen molar-refractivity contribution in [3.8, 4) is 0 Å². The van der Waals surface area contributed by atoms with Gasteiger partial charge in [-0.2, -0.15) is 0 Å². The molecule has 0 aromatic heterocycles. The van der Waals surface area contributed by atoms with E-state index < -0.39 is 48.4 Å². The van der Waals surface area contributed by atoms with Crippen molar-refractivity contribution in [3.05, 3.63) is 24.3 Å². The first-order chi connectivity index (χ1) is 16.6. The minimum atomic E-state index is -1.59. The quantitative estimate of drug-likeness (QED) is 0.360. The first kappa shape index (κ1) is 34.0. The summed E-state index contributed by atoms with van der Waals surface area (Å²) in [5, 5.41) is 10.3. The van der Waals surface area contributed by atoms with Crippen LogP contribution in [0.5, 0.6) is 0 Å². The topological polar surface area (TPSA) is 0 Å². The molecule has 2 aromatic carbocycles. The summed E-state index contributed by atoms with van der Waals surface area (Å²) in [6.45, 7) is 49.4. The van der Waals surface area contributed by atoms with Crippen LogP contribution in [0.15, 0.2) is 24.3 Å². The standard InChI is InChI=1S/C31H61BSi6/c1-32(30-26(35(8,9)10)20-24(33(2,3)4)21-27(30)36(11,12)13)31-28(37(14,15)16)22-25(34(5,6)7)23-29(31)38(17,18)19/h20-23H,1-19H3. The van der Waals surface area contributed by atoms with E-state index in [9.17, 15) is 0 Å². The Morgan fingerprint density at radius 2 is 0.526 bits per heavy atom. The second kappa shape index (κ2) is 10.6. The molecular formula is C31H61BSi6. The van der Waals surface area contributed by atoms with Crippen LogP contribution in [0.3, 0.4) is 0 Å². The SMILES string of the molecule is CB(c1c([Si](C)(C)C)cc([Si](C)(C)C)cc1[Si](C)(C)C)c1c([Si](C)(C)C)cc([Si](C)(C)C)cc1[Si](C)(C)C.